The van der Waals surface area contributed by atoms with Crippen molar-refractivity contribution in [2.75, 3.05) is 33.8 Å². The highest BCUT2D eigenvalue weighted by Gasteiger charge is 2.46. The second-order valence-electron chi connectivity index (χ2n) is 6.89. The Labute approximate surface area is 179 Å². The van der Waals surface area contributed by atoms with E-state index in [0.29, 0.717) is 36.0 Å². The second kappa shape index (κ2) is 8.98. The number of likely N-dealkylation sites (N-methyl/N-ethyl adjacent to an activating group) is 1. The number of aliphatic hydroxyl groups excluding tert-OH is 1. The summed E-state index contributed by atoms with van der Waals surface area (Å²) in [6.45, 7) is 3.28. The lowest BCUT2D eigenvalue weighted by molar-refractivity contribution is -0.140. The molecule has 0 bridgehead atoms. The number of likely N-dealkylation sites (tertiary alicyclic amines) is 1. The van der Waals surface area contributed by atoms with Crippen molar-refractivity contribution in [3.63, 3.8) is 0 Å². The van der Waals surface area contributed by atoms with E-state index in [-0.39, 0.29) is 11.3 Å². The summed E-state index contributed by atoms with van der Waals surface area (Å²) in [7, 11) is 3.80. The van der Waals surface area contributed by atoms with Gasteiger partial charge in [0.2, 0.25) is 0 Å². The first kappa shape index (κ1) is 21.4. The van der Waals surface area contributed by atoms with E-state index in [4.69, 9.17) is 16.3 Å². The minimum atomic E-state index is -0.690. The van der Waals surface area contributed by atoms with Crippen LogP contribution in [0, 0.1) is 0 Å². The first-order chi connectivity index (χ1) is 13.8. The molecule has 2 heterocycles. The summed E-state index contributed by atoms with van der Waals surface area (Å²) in [5.41, 5.74) is 0.446. The summed E-state index contributed by atoms with van der Waals surface area (Å²) in [5, 5.41) is 13.2. The zero-order valence-electron chi connectivity index (χ0n) is 16.5. The highest BCUT2D eigenvalue weighted by Crippen LogP contribution is 2.41. The Hall–Kier alpha value is -2.35. The fraction of sp³-hybridized carbons (Fsp3) is 0.333. The van der Waals surface area contributed by atoms with E-state index in [1.807, 2.05) is 43.4 Å². The number of carbonyl (C=O) groups excluding carboxylic acids is 2. The van der Waals surface area contributed by atoms with Gasteiger partial charge in [0.15, 0.2) is 0 Å². The fourth-order valence-electron chi connectivity index (χ4n) is 3.24. The number of aliphatic hydroxyl groups is 1. The third-order valence-corrected chi connectivity index (χ3v) is 5.87. The smallest absolute Gasteiger partial charge is 0.295 e. The number of ether oxygens (including phenoxy) is 1. The van der Waals surface area contributed by atoms with Gasteiger partial charge in [0.05, 0.1) is 23.2 Å². The molecule has 0 aliphatic carbocycles. The Morgan fingerprint density at radius 2 is 2.07 bits per heavy atom. The molecule has 2 aromatic rings. The Morgan fingerprint density at radius 1 is 1.31 bits per heavy atom. The van der Waals surface area contributed by atoms with Gasteiger partial charge in [0, 0.05) is 23.5 Å². The maximum atomic E-state index is 12.9. The van der Waals surface area contributed by atoms with Gasteiger partial charge in [-0.15, -0.1) is 11.3 Å². The molecule has 0 radical (unpaired) electrons. The van der Waals surface area contributed by atoms with Gasteiger partial charge in [0.25, 0.3) is 11.7 Å². The van der Waals surface area contributed by atoms with Gasteiger partial charge in [-0.25, -0.2) is 0 Å². The van der Waals surface area contributed by atoms with Gasteiger partial charge in [-0.1, -0.05) is 17.7 Å². The van der Waals surface area contributed by atoms with Gasteiger partial charge in [0.1, 0.15) is 11.5 Å². The van der Waals surface area contributed by atoms with Gasteiger partial charge < -0.3 is 19.6 Å². The molecule has 0 spiro atoms. The molecule has 6 nitrogen and oxygen atoms in total. The lowest BCUT2D eigenvalue weighted by atomic mass is 10.00. The molecule has 1 N–H and O–H groups in total. The zero-order chi connectivity index (χ0) is 21.1. The van der Waals surface area contributed by atoms with Gasteiger partial charge in [-0.05, 0) is 50.7 Å². The standard InChI is InChI=1S/C21H23ClN2O4S/c1-4-28-15-8-7-13(12-14(15)22)19(25)17-18(16-6-5-11-29-16)24(10-9-23(2)3)21(27)20(17)26/h5-8,11-12,18,25H,4,9-10H2,1-3H3/b19-17+/t18-/m1/s1. The van der Waals surface area contributed by atoms with Crippen molar-refractivity contribution in [2.45, 2.75) is 13.0 Å². The molecule has 1 aliphatic heterocycles. The number of rotatable bonds is 7. The van der Waals surface area contributed by atoms with Crippen molar-refractivity contribution in [2.24, 2.45) is 0 Å². The van der Waals surface area contributed by atoms with Crippen LogP contribution >= 0.6 is 22.9 Å². The Morgan fingerprint density at radius 3 is 2.66 bits per heavy atom. The van der Waals surface area contributed by atoms with Gasteiger partial charge >= 0.3 is 0 Å². The van der Waals surface area contributed by atoms with E-state index >= 15 is 0 Å². The summed E-state index contributed by atoms with van der Waals surface area (Å²) in [5.74, 6) is -1.04. The number of halogens is 1. The Bertz CT molecular complexity index is 940. The van der Waals surface area contributed by atoms with E-state index in [2.05, 4.69) is 0 Å². The summed E-state index contributed by atoms with van der Waals surface area (Å²) < 4.78 is 5.42. The van der Waals surface area contributed by atoms with Crippen LogP contribution in [0.25, 0.3) is 5.76 Å². The van der Waals surface area contributed by atoms with Crippen LogP contribution in [-0.2, 0) is 9.59 Å². The Balaban J connectivity index is 2.08. The van der Waals surface area contributed by atoms with Gasteiger partial charge in [-0.2, -0.15) is 0 Å². The molecule has 29 heavy (non-hydrogen) atoms. The largest absolute Gasteiger partial charge is 0.507 e. The van der Waals surface area contributed by atoms with E-state index < -0.39 is 17.7 Å². The minimum absolute atomic E-state index is 0.0800. The molecule has 1 saturated heterocycles. The third-order valence-electron chi connectivity index (χ3n) is 4.65. The van der Waals surface area contributed by atoms with E-state index in [1.165, 1.54) is 16.2 Å². The van der Waals surface area contributed by atoms with Crippen LogP contribution in [0.3, 0.4) is 0 Å². The molecule has 1 aliphatic rings. The number of ketones is 1. The molecule has 154 valence electrons. The number of hydrogen-bond donors (Lipinski definition) is 1. The first-order valence-corrected chi connectivity index (χ1v) is 10.5. The predicted molar refractivity (Wildman–Crippen MR) is 115 cm³/mol. The van der Waals surface area contributed by atoms with Crippen LogP contribution in [0.4, 0.5) is 0 Å². The topological polar surface area (TPSA) is 70.1 Å². The Kier molecular flexibility index (Phi) is 6.62. The van der Waals surface area contributed by atoms with Gasteiger partial charge in [-0.3, -0.25) is 9.59 Å². The lowest BCUT2D eigenvalue weighted by Gasteiger charge is -2.25. The number of nitrogens with zero attached hydrogens (tertiary/aromatic N) is 2. The van der Waals surface area contributed by atoms with Crippen molar-refractivity contribution >= 4 is 40.4 Å². The van der Waals surface area contributed by atoms with Crippen LogP contribution < -0.4 is 4.74 Å². The number of hydrogen-bond acceptors (Lipinski definition) is 6. The fourth-order valence-corrected chi connectivity index (χ4v) is 4.32. The highest BCUT2D eigenvalue weighted by atomic mass is 35.5. The number of carbonyl (C=O) groups is 2. The molecule has 1 aromatic carbocycles. The summed E-state index contributed by atoms with van der Waals surface area (Å²) in [4.78, 5) is 29.9. The zero-order valence-corrected chi connectivity index (χ0v) is 18.1. The van der Waals surface area contributed by atoms with Crippen molar-refractivity contribution in [1.82, 2.24) is 9.80 Å². The van der Waals surface area contributed by atoms with Crippen LogP contribution in [-0.4, -0.2) is 60.4 Å². The maximum absolute atomic E-state index is 12.9. The summed E-state index contributed by atoms with van der Waals surface area (Å²) >= 11 is 7.69. The highest BCUT2D eigenvalue weighted by molar-refractivity contribution is 7.10. The number of benzene rings is 1. The van der Waals surface area contributed by atoms with Crippen LogP contribution in [0.15, 0.2) is 41.3 Å². The molecule has 0 saturated carbocycles. The number of amides is 1. The average Bonchev–Trinajstić information content (AvgIpc) is 3.29. The first-order valence-electron chi connectivity index (χ1n) is 9.24. The molecule has 1 atom stereocenters. The normalized spacial score (nSPS) is 18.7. The molecule has 8 heteroatoms. The van der Waals surface area contributed by atoms with E-state index in [9.17, 15) is 14.7 Å². The summed E-state index contributed by atoms with van der Waals surface area (Å²) in [6.07, 6.45) is 0. The minimum Gasteiger partial charge on any atom is -0.507 e. The molecule has 1 amide bonds. The lowest BCUT2D eigenvalue weighted by Crippen LogP contribution is -2.35. The van der Waals surface area contributed by atoms with Crippen LogP contribution in [0.5, 0.6) is 5.75 Å². The molecule has 1 fully saturated rings. The molecule has 1 aromatic heterocycles. The second-order valence-corrected chi connectivity index (χ2v) is 8.28. The molecule has 3 rings (SSSR count). The monoisotopic (exact) mass is 434 g/mol. The van der Waals surface area contributed by atoms with Crippen molar-refractivity contribution in [3.05, 3.63) is 56.7 Å². The van der Waals surface area contributed by atoms with Crippen molar-refractivity contribution in [1.29, 1.82) is 0 Å². The maximum Gasteiger partial charge on any atom is 0.295 e. The number of thiophene rings is 1. The van der Waals surface area contributed by atoms with Crippen LogP contribution in [0.2, 0.25) is 5.02 Å². The summed E-state index contributed by atoms with van der Waals surface area (Å²) in [6, 6.07) is 7.91. The number of Topliss-reactive ketones (excluding diaryl/α,β-unsaturated/α-hetero) is 1. The van der Waals surface area contributed by atoms with Crippen molar-refractivity contribution < 1.29 is 19.4 Å². The quantitative estimate of drug-likeness (QED) is 0.408. The predicted octanol–water partition coefficient (Wildman–Crippen LogP) is 3.78. The SMILES string of the molecule is CCOc1ccc(/C(O)=C2\C(=O)C(=O)N(CCN(C)C)[C@@H]2c2cccs2)cc1Cl. The van der Waals surface area contributed by atoms with Crippen molar-refractivity contribution in [3.8, 4) is 5.75 Å². The van der Waals surface area contributed by atoms with E-state index in [0.717, 1.165) is 4.88 Å². The third kappa shape index (κ3) is 4.32. The average molecular weight is 435 g/mol. The molecular weight excluding hydrogens is 412 g/mol. The van der Waals surface area contributed by atoms with Crippen LogP contribution in [0.1, 0.15) is 23.4 Å². The van der Waals surface area contributed by atoms with E-state index in [1.54, 1.807) is 18.2 Å². The molecular formula is C21H23ClN2O4S. The molecule has 0 unspecified atom stereocenters.